The Morgan fingerprint density at radius 1 is 1.33 bits per heavy atom. The zero-order valence-corrected chi connectivity index (χ0v) is 11.9. The molecule has 2 aromatic rings. The number of benzene rings is 1. The highest BCUT2D eigenvalue weighted by molar-refractivity contribution is 5.82. The molecule has 21 heavy (non-hydrogen) atoms. The van der Waals surface area contributed by atoms with Crippen molar-refractivity contribution in [3.05, 3.63) is 45.2 Å². The van der Waals surface area contributed by atoms with E-state index in [9.17, 15) is 18.4 Å². The minimum Gasteiger partial charge on any atom is -0.481 e. The van der Waals surface area contributed by atoms with Crippen LogP contribution in [0.15, 0.2) is 16.9 Å². The number of carbonyl (C=O) groups is 1. The molecule has 112 valence electrons. The molecule has 0 spiro atoms. The summed E-state index contributed by atoms with van der Waals surface area (Å²) in [5.41, 5.74) is -0.202. The van der Waals surface area contributed by atoms with Crippen LogP contribution in [0.3, 0.4) is 0 Å². The Hall–Kier alpha value is -2.24. The molecule has 0 aliphatic heterocycles. The highest BCUT2D eigenvalue weighted by Crippen LogP contribution is 2.24. The van der Waals surface area contributed by atoms with Crippen LogP contribution < -0.4 is 5.43 Å². The average molecular weight is 295 g/mol. The van der Waals surface area contributed by atoms with Crippen LogP contribution in [0.5, 0.6) is 0 Å². The third-order valence-electron chi connectivity index (χ3n) is 3.43. The number of hydrogen-bond donors (Lipinski definition) is 1. The molecule has 0 saturated heterocycles. The summed E-state index contributed by atoms with van der Waals surface area (Å²) >= 11 is 0. The molecular weight excluding hydrogens is 280 g/mol. The summed E-state index contributed by atoms with van der Waals surface area (Å²) in [6.07, 6.45) is -0.481. The summed E-state index contributed by atoms with van der Waals surface area (Å²) in [7, 11) is 0. The molecule has 0 radical (unpaired) electrons. The van der Waals surface area contributed by atoms with Gasteiger partial charge in [0.25, 0.3) is 0 Å². The van der Waals surface area contributed by atoms with Crippen LogP contribution in [-0.4, -0.2) is 15.6 Å². The second kappa shape index (κ2) is 5.27. The van der Waals surface area contributed by atoms with Crippen LogP contribution >= 0.6 is 0 Å². The lowest BCUT2D eigenvalue weighted by molar-refractivity contribution is -0.136. The van der Waals surface area contributed by atoms with Gasteiger partial charge >= 0.3 is 5.97 Å². The summed E-state index contributed by atoms with van der Waals surface area (Å²) in [6, 6.07) is 1.46. The fraction of sp³-hybridized carbons (Fsp3) is 0.333. The van der Waals surface area contributed by atoms with Crippen molar-refractivity contribution in [2.24, 2.45) is 0 Å². The van der Waals surface area contributed by atoms with E-state index in [1.165, 1.54) is 4.57 Å². The van der Waals surface area contributed by atoms with Crippen LogP contribution in [0.25, 0.3) is 10.9 Å². The van der Waals surface area contributed by atoms with Gasteiger partial charge in [-0.25, -0.2) is 8.78 Å². The quantitative estimate of drug-likeness (QED) is 0.947. The topological polar surface area (TPSA) is 59.3 Å². The number of carboxylic acid groups (broad SMARTS) is 1. The van der Waals surface area contributed by atoms with Gasteiger partial charge in [0, 0.05) is 23.4 Å². The largest absolute Gasteiger partial charge is 0.481 e. The lowest BCUT2D eigenvalue weighted by Gasteiger charge is -2.21. The maximum atomic E-state index is 14.1. The second-order valence-corrected chi connectivity index (χ2v) is 5.21. The van der Waals surface area contributed by atoms with Crippen LogP contribution in [-0.2, 0) is 11.2 Å². The van der Waals surface area contributed by atoms with Gasteiger partial charge in [-0.05, 0) is 26.8 Å². The predicted molar refractivity (Wildman–Crippen MR) is 74.6 cm³/mol. The van der Waals surface area contributed by atoms with Crippen molar-refractivity contribution in [2.45, 2.75) is 33.2 Å². The van der Waals surface area contributed by atoms with Crippen molar-refractivity contribution in [2.75, 3.05) is 0 Å². The Morgan fingerprint density at radius 2 is 1.95 bits per heavy atom. The first-order valence-corrected chi connectivity index (χ1v) is 6.48. The van der Waals surface area contributed by atoms with Gasteiger partial charge in [0.05, 0.1) is 17.3 Å². The summed E-state index contributed by atoms with van der Waals surface area (Å²) in [5, 5.41) is 8.79. The molecule has 0 aliphatic carbocycles. The van der Waals surface area contributed by atoms with E-state index in [2.05, 4.69) is 0 Å². The van der Waals surface area contributed by atoms with Gasteiger partial charge in [-0.15, -0.1) is 0 Å². The number of hydrogen-bond acceptors (Lipinski definition) is 2. The Morgan fingerprint density at radius 3 is 2.48 bits per heavy atom. The van der Waals surface area contributed by atoms with Gasteiger partial charge in [-0.1, -0.05) is 0 Å². The smallest absolute Gasteiger partial charge is 0.308 e. The van der Waals surface area contributed by atoms with E-state index in [1.807, 2.05) is 0 Å². The summed E-state index contributed by atoms with van der Waals surface area (Å²) in [4.78, 5) is 23.3. The number of aliphatic carboxylic acids is 1. The van der Waals surface area contributed by atoms with E-state index < -0.39 is 29.5 Å². The summed E-state index contributed by atoms with van der Waals surface area (Å²) in [5.74, 6) is -2.86. The zero-order chi connectivity index (χ0) is 15.9. The Labute approximate surface area is 119 Å². The zero-order valence-electron chi connectivity index (χ0n) is 11.9. The molecule has 1 N–H and O–H groups in total. The van der Waals surface area contributed by atoms with Gasteiger partial charge in [0.1, 0.15) is 5.82 Å². The lowest BCUT2D eigenvalue weighted by atomic mass is 10.0. The van der Waals surface area contributed by atoms with E-state index in [-0.39, 0.29) is 22.5 Å². The van der Waals surface area contributed by atoms with Gasteiger partial charge in [0.15, 0.2) is 11.2 Å². The third kappa shape index (κ3) is 2.53. The lowest BCUT2D eigenvalue weighted by Crippen LogP contribution is -2.23. The van der Waals surface area contributed by atoms with Crippen molar-refractivity contribution in [3.63, 3.8) is 0 Å². The van der Waals surface area contributed by atoms with Gasteiger partial charge < -0.3 is 9.67 Å². The SMILES string of the molecule is Cc1c(CC(=O)O)c(=O)c2cc(F)cc(F)c2n1C(C)C. The molecule has 0 unspecified atom stereocenters. The Balaban J connectivity index is 3.03. The fourth-order valence-electron chi connectivity index (χ4n) is 2.63. The number of carboxylic acids is 1. The van der Waals surface area contributed by atoms with Crippen LogP contribution in [0.2, 0.25) is 0 Å². The number of rotatable bonds is 3. The Kier molecular flexibility index (Phi) is 3.80. The summed E-state index contributed by atoms with van der Waals surface area (Å²) in [6.45, 7) is 5.14. The normalized spacial score (nSPS) is 11.3. The van der Waals surface area contributed by atoms with E-state index in [4.69, 9.17) is 5.11 Å². The molecule has 1 aromatic carbocycles. The molecule has 0 fully saturated rings. The number of fused-ring (bicyclic) bond motifs is 1. The monoisotopic (exact) mass is 295 g/mol. The molecule has 1 heterocycles. The van der Waals surface area contributed by atoms with E-state index in [0.29, 0.717) is 5.69 Å². The molecule has 0 atom stereocenters. The number of nitrogens with zero attached hydrogens (tertiary/aromatic N) is 1. The van der Waals surface area contributed by atoms with Crippen molar-refractivity contribution >= 4 is 16.9 Å². The molecule has 1 aromatic heterocycles. The molecular formula is C15H15F2NO3. The van der Waals surface area contributed by atoms with Crippen LogP contribution in [0, 0.1) is 18.6 Å². The maximum absolute atomic E-state index is 14.1. The van der Waals surface area contributed by atoms with E-state index >= 15 is 0 Å². The van der Waals surface area contributed by atoms with Crippen molar-refractivity contribution < 1.29 is 18.7 Å². The van der Waals surface area contributed by atoms with Crippen LogP contribution in [0.1, 0.15) is 31.1 Å². The Bertz CT molecular complexity index is 794. The average Bonchev–Trinajstić information content (AvgIpc) is 2.35. The molecule has 0 saturated carbocycles. The summed E-state index contributed by atoms with van der Waals surface area (Å²) < 4.78 is 29.0. The molecule has 0 aliphatic rings. The number of pyridine rings is 1. The molecule has 4 nitrogen and oxygen atoms in total. The third-order valence-corrected chi connectivity index (χ3v) is 3.43. The highest BCUT2D eigenvalue weighted by Gasteiger charge is 2.20. The molecule has 0 amide bonds. The maximum Gasteiger partial charge on any atom is 0.308 e. The minimum atomic E-state index is -1.17. The predicted octanol–water partition coefficient (Wildman–Crippen LogP) is 2.80. The molecule has 2 rings (SSSR count). The first-order chi connectivity index (χ1) is 9.73. The first kappa shape index (κ1) is 15.2. The van der Waals surface area contributed by atoms with Crippen molar-refractivity contribution in [1.82, 2.24) is 4.57 Å². The number of aromatic nitrogens is 1. The first-order valence-electron chi connectivity index (χ1n) is 6.48. The minimum absolute atomic E-state index is 0.00281. The van der Waals surface area contributed by atoms with E-state index in [1.54, 1.807) is 20.8 Å². The van der Waals surface area contributed by atoms with Gasteiger partial charge in [0.2, 0.25) is 0 Å². The van der Waals surface area contributed by atoms with E-state index in [0.717, 1.165) is 12.1 Å². The second-order valence-electron chi connectivity index (χ2n) is 5.21. The molecule has 6 heteroatoms. The highest BCUT2D eigenvalue weighted by atomic mass is 19.1. The van der Waals surface area contributed by atoms with Gasteiger partial charge in [-0.3, -0.25) is 9.59 Å². The van der Waals surface area contributed by atoms with Crippen molar-refractivity contribution in [3.8, 4) is 0 Å². The fourth-order valence-corrected chi connectivity index (χ4v) is 2.63. The molecule has 0 bridgehead atoms. The van der Waals surface area contributed by atoms with Crippen molar-refractivity contribution in [1.29, 1.82) is 0 Å². The number of halogens is 2. The van der Waals surface area contributed by atoms with Gasteiger partial charge in [-0.2, -0.15) is 0 Å². The van der Waals surface area contributed by atoms with Crippen LogP contribution in [0.4, 0.5) is 8.78 Å². The standard InChI is InChI=1S/C15H15F2NO3/c1-7(2)18-8(3)10(6-13(19)20)15(21)11-4-9(16)5-12(17)14(11)18/h4-5,7H,6H2,1-3H3,(H,19,20).